The minimum absolute atomic E-state index is 0.0291. The van der Waals surface area contributed by atoms with E-state index in [1.165, 1.54) is 6.07 Å². The third-order valence-corrected chi connectivity index (χ3v) is 7.59. The molecule has 2 aliphatic heterocycles. The summed E-state index contributed by atoms with van der Waals surface area (Å²) in [4.78, 5) is 39.1. The molecule has 39 heavy (non-hydrogen) atoms. The molecule has 5 rings (SSSR count). The molecule has 2 amide bonds. The van der Waals surface area contributed by atoms with E-state index in [9.17, 15) is 18.4 Å². The largest absolute Gasteiger partial charge is 0.341 e. The Morgan fingerprint density at radius 3 is 2.64 bits per heavy atom. The number of piperidine rings is 1. The molecule has 2 aromatic heterocycles. The number of rotatable bonds is 8. The lowest BCUT2D eigenvalue weighted by Gasteiger charge is -2.32. The van der Waals surface area contributed by atoms with Crippen molar-refractivity contribution >= 4 is 34.9 Å². The zero-order valence-electron chi connectivity index (χ0n) is 21.4. The quantitative estimate of drug-likeness (QED) is 0.379. The van der Waals surface area contributed by atoms with E-state index in [-0.39, 0.29) is 10.8 Å². The minimum Gasteiger partial charge on any atom is -0.341 e. The van der Waals surface area contributed by atoms with Gasteiger partial charge in [-0.2, -0.15) is 0 Å². The first kappa shape index (κ1) is 26.9. The van der Waals surface area contributed by atoms with Gasteiger partial charge in [-0.25, -0.2) is 18.7 Å². The summed E-state index contributed by atoms with van der Waals surface area (Å²) in [5, 5.41) is 5.35. The zero-order valence-corrected chi connectivity index (χ0v) is 22.2. The summed E-state index contributed by atoms with van der Waals surface area (Å²) < 4.78 is 28.5. The van der Waals surface area contributed by atoms with Crippen molar-refractivity contribution in [1.29, 1.82) is 0 Å². The van der Waals surface area contributed by atoms with Gasteiger partial charge in [0.15, 0.2) is 0 Å². The Kier molecular flexibility index (Phi) is 7.99. The first-order valence-corrected chi connectivity index (χ1v) is 13.5. The van der Waals surface area contributed by atoms with Crippen molar-refractivity contribution in [1.82, 2.24) is 25.6 Å². The average Bonchev–Trinajstić information content (AvgIpc) is 3.25. The van der Waals surface area contributed by atoms with Crippen LogP contribution in [0.3, 0.4) is 0 Å². The smallest absolute Gasteiger partial charge is 0.290 e. The van der Waals surface area contributed by atoms with Crippen LogP contribution in [0.25, 0.3) is 17.3 Å². The standard InChI is InChI=1S/C28H28F2N6O2S/c1-28(29,30)22-7-3-2-6-21(22)24-19(5-4-11-32-24)17-31-16-18-9-13-36(14-10-18)26-33-12-8-20(34-26)15-23-25(37)35-27(38)39-23/h2-8,11-12,15,18,31H,9-10,13-14,16-17H2,1H3,(H,35,37,38)/b23-15-. The maximum absolute atomic E-state index is 14.2. The summed E-state index contributed by atoms with van der Waals surface area (Å²) in [6.07, 6.45) is 6.77. The maximum atomic E-state index is 14.2. The number of nitrogens with one attached hydrogen (secondary N) is 2. The van der Waals surface area contributed by atoms with E-state index >= 15 is 0 Å². The molecule has 1 aromatic carbocycles. The molecule has 0 saturated carbocycles. The number of imide groups is 1. The number of amides is 2. The van der Waals surface area contributed by atoms with Crippen molar-refractivity contribution in [3.05, 3.63) is 76.6 Å². The topological polar surface area (TPSA) is 100 Å². The first-order valence-electron chi connectivity index (χ1n) is 12.7. The summed E-state index contributed by atoms with van der Waals surface area (Å²) >= 11 is 0.861. The van der Waals surface area contributed by atoms with E-state index in [1.54, 1.807) is 42.7 Å². The summed E-state index contributed by atoms with van der Waals surface area (Å²) in [6.45, 7) is 3.81. The summed E-state index contributed by atoms with van der Waals surface area (Å²) in [5.74, 6) is -2.33. The van der Waals surface area contributed by atoms with Gasteiger partial charge in [-0.15, -0.1) is 0 Å². The number of carbonyl (C=O) groups is 2. The molecule has 3 aromatic rings. The van der Waals surface area contributed by atoms with E-state index < -0.39 is 11.8 Å². The Morgan fingerprint density at radius 2 is 1.90 bits per heavy atom. The highest BCUT2D eigenvalue weighted by molar-refractivity contribution is 8.18. The van der Waals surface area contributed by atoms with Crippen molar-refractivity contribution in [2.75, 3.05) is 24.5 Å². The van der Waals surface area contributed by atoms with Gasteiger partial charge in [-0.05, 0) is 60.8 Å². The lowest BCUT2D eigenvalue weighted by Crippen LogP contribution is -2.38. The van der Waals surface area contributed by atoms with E-state index in [0.717, 1.165) is 56.7 Å². The van der Waals surface area contributed by atoms with Crippen LogP contribution in [0.4, 0.5) is 19.5 Å². The lowest BCUT2D eigenvalue weighted by atomic mass is 9.95. The molecule has 0 bridgehead atoms. The fourth-order valence-electron chi connectivity index (χ4n) is 4.79. The molecule has 0 atom stereocenters. The Balaban J connectivity index is 1.17. The van der Waals surface area contributed by atoms with Gasteiger partial charge in [-0.1, -0.05) is 30.3 Å². The second kappa shape index (κ2) is 11.6. The Labute approximate surface area is 229 Å². The summed E-state index contributed by atoms with van der Waals surface area (Å²) in [7, 11) is 0. The number of carbonyl (C=O) groups excluding carboxylic acids is 2. The van der Waals surface area contributed by atoms with Crippen LogP contribution in [-0.2, 0) is 17.3 Å². The molecule has 11 heteroatoms. The van der Waals surface area contributed by atoms with Gasteiger partial charge in [0, 0.05) is 50.1 Å². The molecule has 2 fully saturated rings. The number of alkyl halides is 2. The normalized spacial score (nSPS) is 17.6. The van der Waals surface area contributed by atoms with Crippen LogP contribution in [0, 0.1) is 5.92 Å². The van der Waals surface area contributed by atoms with Crippen LogP contribution in [0.1, 0.15) is 36.6 Å². The molecular weight excluding hydrogens is 522 g/mol. The van der Waals surface area contributed by atoms with Crippen LogP contribution in [0.15, 0.2) is 59.8 Å². The number of anilines is 1. The molecule has 0 radical (unpaired) electrons. The van der Waals surface area contributed by atoms with Crippen molar-refractivity contribution in [3.8, 4) is 11.3 Å². The van der Waals surface area contributed by atoms with Crippen LogP contribution >= 0.6 is 11.8 Å². The van der Waals surface area contributed by atoms with Crippen LogP contribution in [0.2, 0.25) is 0 Å². The highest BCUT2D eigenvalue weighted by atomic mass is 32.2. The number of thioether (sulfide) groups is 1. The Hall–Kier alpha value is -3.70. The van der Waals surface area contributed by atoms with Crippen LogP contribution in [-0.4, -0.2) is 45.7 Å². The lowest BCUT2D eigenvalue weighted by molar-refractivity contribution is -0.115. The van der Waals surface area contributed by atoms with Gasteiger partial charge in [0.2, 0.25) is 5.95 Å². The van der Waals surface area contributed by atoms with Crippen molar-refractivity contribution in [3.63, 3.8) is 0 Å². The second-order valence-corrected chi connectivity index (χ2v) is 10.7. The monoisotopic (exact) mass is 550 g/mol. The number of benzene rings is 1. The van der Waals surface area contributed by atoms with E-state index in [1.807, 2.05) is 12.1 Å². The van der Waals surface area contributed by atoms with Crippen molar-refractivity contribution in [2.45, 2.75) is 32.2 Å². The molecule has 0 unspecified atom stereocenters. The molecule has 2 saturated heterocycles. The summed E-state index contributed by atoms with van der Waals surface area (Å²) in [6, 6.07) is 12.0. The average molecular weight is 551 g/mol. The van der Waals surface area contributed by atoms with E-state index in [4.69, 9.17) is 0 Å². The molecular formula is C28H28F2N6O2S. The zero-order chi connectivity index (χ0) is 27.4. The second-order valence-electron chi connectivity index (χ2n) is 9.64. The predicted molar refractivity (Wildman–Crippen MR) is 147 cm³/mol. The summed E-state index contributed by atoms with van der Waals surface area (Å²) in [5.41, 5.74) is 2.44. The number of hydrogen-bond acceptors (Lipinski definition) is 8. The Bertz CT molecular complexity index is 1400. The highest BCUT2D eigenvalue weighted by Crippen LogP contribution is 2.36. The van der Waals surface area contributed by atoms with Gasteiger partial charge < -0.3 is 10.2 Å². The molecule has 4 heterocycles. The van der Waals surface area contributed by atoms with Crippen molar-refractivity contribution < 1.29 is 18.4 Å². The number of pyridine rings is 1. The molecule has 202 valence electrons. The number of halogens is 2. The fourth-order valence-corrected chi connectivity index (χ4v) is 5.46. The van der Waals surface area contributed by atoms with Gasteiger partial charge in [-0.3, -0.25) is 19.9 Å². The van der Waals surface area contributed by atoms with Crippen LogP contribution < -0.4 is 15.5 Å². The third kappa shape index (κ3) is 6.48. The first-order chi connectivity index (χ1) is 18.8. The molecule has 2 N–H and O–H groups in total. The Morgan fingerprint density at radius 1 is 1.10 bits per heavy atom. The fraction of sp³-hybridized carbons (Fsp3) is 0.321. The molecule has 0 spiro atoms. The molecule has 0 aliphatic carbocycles. The van der Waals surface area contributed by atoms with Crippen LogP contribution in [0.5, 0.6) is 0 Å². The van der Waals surface area contributed by atoms with Crippen molar-refractivity contribution in [2.24, 2.45) is 5.92 Å². The van der Waals surface area contributed by atoms with E-state index in [2.05, 4.69) is 30.5 Å². The number of hydrogen-bond donors (Lipinski definition) is 2. The minimum atomic E-state index is -2.96. The SMILES string of the molecule is CC(F)(F)c1ccccc1-c1ncccc1CNCC1CCN(c2nccc(/C=C3\SC(=O)NC3=O)n2)CC1. The molecule has 8 nitrogen and oxygen atoms in total. The van der Waals surface area contributed by atoms with Gasteiger partial charge in [0.25, 0.3) is 17.1 Å². The number of aromatic nitrogens is 3. The highest BCUT2D eigenvalue weighted by Gasteiger charge is 2.29. The predicted octanol–water partition coefficient (Wildman–Crippen LogP) is 4.98. The van der Waals surface area contributed by atoms with E-state index in [0.29, 0.717) is 40.3 Å². The van der Waals surface area contributed by atoms with Gasteiger partial charge >= 0.3 is 0 Å². The van der Waals surface area contributed by atoms with Gasteiger partial charge in [0.05, 0.1) is 16.3 Å². The number of nitrogens with zero attached hydrogens (tertiary/aromatic N) is 4. The maximum Gasteiger partial charge on any atom is 0.290 e. The van der Waals surface area contributed by atoms with Gasteiger partial charge in [0.1, 0.15) is 0 Å². The third-order valence-electron chi connectivity index (χ3n) is 6.78. The molecule has 2 aliphatic rings.